The number of carbonyl (C=O) groups is 3. The highest BCUT2D eigenvalue weighted by Gasteiger charge is 2.15. The summed E-state index contributed by atoms with van der Waals surface area (Å²) >= 11 is 0. The van der Waals surface area contributed by atoms with Gasteiger partial charge in [-0.2, -0.15) is 5.10 Å². The molecule has 0 aliphatic heterocycles. The van der Waals surface area contributed by atoms with Crippen LogP contribution in [0.15, 0.2) is 108 Å². The first-order chi connectivity index (χ1) is 19.4. The lowest BCUT2D eigenvalue weighted by Gasteiger charge is -2.11. The molecule has 0 fully saturated rings. The van der Waals surface area contributed by atoms with E-state index in [4.69, 9.17) is 14.2 Å². The summed E-state index contributed by atoms with van der Waals surface area (Å²) < 4.78 is 16.6. The largest absolute Gasteiger partial charge is 0.484 e. The fourth-order valence-electron chi connectivity index (χ4n) is 3.55. The Morgan fingerprint density at radius 3 is 1.93 bits per heavy atom. The van der Waals surface area contributed by atoms with Crippen LogP contribution in [0.5, 0.6) is 17.2 Å². The number of esters is 2. The summed E-state index contributed by atoms with van der Waals surface area (Å²) in [4.78, 5) is 37.5. The molecule has 0 aliphatic rings. The van der Waals surface area contributed by atoms with Crippen LogP contribution in [0, 0.1) is 0 Å². The van der Waals surface area contributed by atoms with Gasteiger partial charge < -0.3 is 14.2 Å². The highest BCUT2D eigenvalue weighted by molar-refractivity contribution is 5.94. The maximum Gasteiger partial charge on any atom is 0.343 e. The first-order valence-corrected chi connectivity index (χ1v) is 12.6. The van der Waals surface area contributed by atoms with E-state index in [-0.39, 0.29) is 18.1 Å². The van der Waals surface area contributed by atoms with Crippen molar-refractivity contribution in [1.29, 1.82) is 0 Å². The van der Waals surface area contributed by atoms with Crippen molar-refractivity contribution in [1.82, 2.24) is 5.43 Å². The number of ether oxygens (including phenoxy) is 3. The maximum atomic E-state index is 12.7. The van der Waals surface area contributed by atoms with Gasteiger partial charge in [0.05, 0.1) is 17.3 Å². The van der Waals surface area contributed by atoms with Gasteiger partial charge in [0.2, 0.25) is 0 Å². The molecule has 0 unspecified atom stereocenters. The van der Waals surface area contributed by atoms with E-state index >= 15 is 0 Å². The summed E-state index contributed by atoms with van der Waals surface area (Å²) in [5, 5.41) is 3.97. The lowest BCUT2D eigenvalue weighted by molar-refractivity contribution is -0.123. The molecule has 1 amide bonds. The first-order valence-electron chi connectivity index (χ1n) is 12.6. The van der Waals surface area contributed by atoms with Crippen LogP contribution in [-0.4, -0.2) is 30.7 Å². The molecule has 0 aliphatic carbocycles. The number of hydrogen-bond acceptors (Lipinski definition) is 7. The van der Waals surface area contributed by atoms with Gasteiger partial charge in [-0.15, -0.1) is 0 Å². The molecular formula is C32H28N2O6. The van der Waals surface area contributed by atoms with Crippen LogP contribution in [0.4, 0.5) is 0 Å². The molecule has 0 radical (unpaired) electrons. The van der Waals surface area contributed by atoms with Crippen molar-refractivity contribution in [2.45, 2.75) is 19.8 Å². The van der Waals surface area contributed by atoms with E-state index in [2.05, 4.69) is 24.4 Å². The summed E-state index contributed by atoms with van der Waals surface area (Å²) in [7, 11) is 0. The van der Waals surface area contributed by atoms with Gasteiger partial charge in [0.25, 0.3) is 5.91 Å². The van der Waals surface area contributed by atoms with E-state index in [1.54, 1.807) is 66.7 Å². The van der Waals surface area contributed by atoms with Gasteiger partial charge in [0.15, 0.2) is 6.61 Å². The zero-order valence-electron chi connectivity index (χ0n) is 22.1. The van der Waals surface area contributed by atoms with Crippen LogP contribution in [0.2, 0.25) is 0 Å². The molecule has 1 N–H and O–H groups in total. The third-order valence-electron chi connectivity index (χ3n) is 5.73. The van der Waals surface area contributed by atoms with Crippen LogP contribution in [0.1, 0.15) is 51.6 Å². The maximum absolute atomic E-state index is 12.7. The van der Waals surface area contributed by atoms with E-state index in [1.165, 1.54) is 23.9 Å². The molecule has 4 aromatic rings. The zero-order valence-corrected chi connectivity index (χ0v) is 22.1. The Morgan fingerprint density at radius 1 is 0.750 bits per heavy atom. The van der Waals surface area contributed by atoms with Crippen molar-refractivity contribution < 1.29 is 28.6 Å². The minimum absolute atomic E-state index is 0.0895. The minimum Gasteiger partial charge on any atom is -0.484 e. The Balaban J connectivity index is 1.44. The molecule has 8 heteroatoms. The molecule has 8 nitrogen and oxygen atoms in total. The smallest absolute Gasteiger partial charge is 0.343 e. The molecule has 0 saturated heterocycles. The summed E-state index contributed by atoms with van der Waals surface area (Å²) in [5.74, 6) is -0.418. The molecule has 40 heavy (non-hydrogen) atoms. The molecule has 0 bridgehead atoms. The topological polar surface area (TPSA) is 103 Å². The number of rotatable bonds is 10. The monoisotopic (exact) mass is 536 g/mol. The Labute approximate surface area is 232 Å². The second-order valence-corrected chi connectivity index (χ2v) is 9.02. The summed E-state index contributed by atoms with van der Waals surface area (Å²) in [5.41, 5.74) is 4.64. The van der Waals surface area contributed by atoms with E-state index < -0.39 is 17.8 Å². The lowest BCUT2D eigenvalue weighted by Crippen LogP contribution is -2.24. The molecule has 0 aromatic heterocycles. The molecule has 0 heterocycles. The molecule has 0 saturated carbocycles. The standard InChI is InChI=1S/C32H28N2O6/c1-22(2)23-13-16-27(17-14-23)38-21-30(35)34-33-20-26-15-18-28(39-31(36)24-9-5-3-6-10-24)19-29(26)40-32(37)25-11-7-4-8-12-25/h3-20,22H,21H2,1-2H3,(H,34,35). The third-order valence-corrected chi connectivity index (χ3v) is 5.73. The van der Waals surface area contributed by atoms with Gasteiger partial charge >= 0.3 is 11.9 Å². The minimum atomic E-state index is -0.609. The van der Waals surface area contributed by atoms with Gasteiger partial charge in [-0.3, -0.25) is 4.79 Å². The van der Waals surface area contributed by atoms with Crippen molar-refractivity contribution in [2.75, 3.05) is 6.61 Å². The predicted molar refractivity (Wildman–Crippen MR) is 151 cm³/mol. The van der Waals surface area contributed by atoms with Crippen LogP contribution in [-0.2, 0) is 4.79 Å². The number of amides is 1. The Hall–Kier alpha value is -5.24. The SMILES string of the molecule is CC(C)c1ccc(OCC(=O)NN=Cc2ccc(OC(=O)c3ccccc3)cc2OC(=O)c2ccccc2)cc1. The number of benzene rings is 4. The van der Waals surface area contributed by atoms with E-state index in [9.17, 15) is 14.4 Å². The zero-order chi connectivity index (χ0) is 28.3. The number of hydrogen-bond donors (Lipinski definition) is 1. The summed E-state index contributed by atoms with van der Waals surface area (Å²) in [6, 6.07) is 29.0. The number of nitrogens with one attached hydrogen (secondary N) is 1. The van der Waals surface area contributed by atoms with Crippen LogP contribution < -0.4 is 19.6 Å². The number of hydrazone groups is 1. The lowest BCUT2D eigenvalue weighted by atomic mass is 10.0. The van der Waals surface area contributed by atoms with E-state index in [1.807, 2.05) is 24.3 Å². The quantitative estimate of drug-likeness (QED) is 0.119. The van der Waals surface area contributed by atoms with Crippen molar-refractivity contribution in [2.24, 2.45) is 5.10 Å². The van der Waals surface area contributed by atoms with Crippen molar-refractivity contribution in [3.05, 3.63) is 125 Å². The molecule has 0 spiro atoms. The van der Waals surface area contributed by atoms with Crippen molar-refractivity contribution in [3.8, 4) is 17.2 Å². The Morgan fingerprint density at radius 2 is 1.32 bits per heavy atom. The molecule has 4 aromatic carbocycles. The summed E-state index contributed by atoms with van der Waals surface area (Å²) in [6.45, 7) is 3.96. The van der Waals surface area contributed by atoms with Gasteiger partial charge in [-0.1, -0.05) is 62.4 Å². The molecule has 4 rings (SSSR count). The Kier molecular flexibility index (Phi) is 9.39. The van der Waals surface area contributed by atoms with Gasteiger partial charge in [-0.25, -0.2) is 15.0 Å². The molecule has 0 atom stereocenters. The normalized spacial score (nSPS) is 10.8. The fraction of sp³-hybridized carbons (Fsp3) is 0.125. The number of nitrogens with zero attached hydrogens (tertiary/aromatic N) is 1. The van der Waals surface area contributed by atoms with Crippen LogP contribution in [0.3, 0.4) is 0 Å². The second-order valence-electron chi connectivity index (χ2n) is 9.02. The van der Waals surface area contributed by atoms with Crippen LogP contribution >= 0.6 is 0 Å². The highest BCUT2D eigenvalue weighted by atomic mass is 16.5. The Bertz CT molecular complexity index is 1480. The van der Waals surface area contributed by atoms with E-state index in [0.717, 1.165) is 0 Å². The van der Waals surface area contributed by atoms with Gasteiger partial charge in [-0.05, 0) is 60.0 Å². The van der Waals surface area contributed by atoms with E-state index in [0.29, 0.717) is 28.4 Å². The first kappa shape index (κ1) is 27.8. The fourth-order valence-corrected chi connectivity index (χ4v) is 3.55. The van der Waals surface area contributed by atoms with Gasteiger partial charge in [0.1, 0.15) is 17.2 Å². The molecule has 202 valence electrons. The predicted octanol–water partition coefficient (Wildman–Crippen LogP) is 5.78. The highest BCUT2D eigenvalue weighted by Crippen LogP contribution is 2.26. The number of carbonyl (C=O) groups excluding carboxylic acids is 3. The van der Waals surface area contributed by atoms with Crippen molar-refractivity contribution in [3.63, 3.8) is 0 Å². The van der Waals surface area contributed by atoms with Crippen LogP contribution in [0.25, 0.3) is 0 Å². The average molecular weight is 537 g/mol. The second kappa shape index (κ2) is 13.5. The third kappa shape index (κ3) is 7.88. The molecular weight excluding hydrogens is 508 g/mol. The van der Waals surface area contributed by atoms with Crippen molar-refractivity contribution >= 4 is 24.1 Å². The van der Waals surface area contributed by atoms with Gasteiger partial charge in [0, 0.05) is 11.6 Å². The summed E-state index contributed by atoms with van der Waals surface area (Å²) in [6.07, 6.45) is 1.33. The average Bonchev–Trinajstić information content (AvgIpc) is 2.98.